The van der Waals surface area contributed by atoms with Crippen molar-refractivity contribution >= 4 is 28.6 Å². The van der Waals surface area contributed by atoms with Crippen LogP contribution in [0.2, 0.25) is 0 Å². The molecule has 18 heavy (non-hydrogen) atoms. The van der Waals surface area contributed by atoms with E-state index in [1.165, 1.54) is 18.9 Å². The number of hydrogen-bond acceptors (Lipinski definition) is 5. The molecule has 0 saturated carbocycles. The average Bonchev–Trinajstić information content (AvgIpc) is 2.39. The first-order chi connectivity index (χ1) is 8.56. The number of carbonyl (C=O) groups excluding carboxylic acids is 1. The Hall–Kier alpha value is -1.53. The summed E-state index contributed by atoms with van der Waals surface area (Å²) in [7, 11) is 1.32. The molecule has 0 bridgehead atoms. The molecule has 1 unspecified atom stereocenters. The maximum Gasteiger partial charge on any atom is 0.322 e. The number of methoxy groups -OCH3 is 1. The van der Waals surface area contributed by atoms with Crippen LogP contribution < -0.4 is 11.5 Å². The largest absolute Gasteiger partial charge is 0.468 e. The summed E-state index contributed by atoms with van der Waals surface area (Å²) in [6.45, 7) is 0. The van der Waals surface area contributed by atoms with Gasteiger partial charge in [-0.2, -0.15) is 0 Å². The Balaban J connectivity index is 2.69. The van der Waals surface area contributed by atoms with Crippen LogP contribution in [0, 0.1) is 0 Å². The third-order valence-electron chi connectivity index (χ3n) is 2.34. The van der Waals surface area contributed by atoms with Crippen LogP contribution in [0.15, 0.2) is 29.3 Å². The summed E-state index contributed by atoms with van der Waals surface area (Å²) >= 11 is 1.39. The average molecular weight is 267 g/mol. The van der Waals surface area contributed by atoms with Crippen LogP contribution >= 0.6 is 11.8 Å². The van der Waals surface area contributed by atoms with Gasteiger partial charge < -0.3 is 16.2 Å². The number of amidine groups is 1. The first-order valence-corrected chi connectivity index (χ1v) is 6.59. The second-order valence-electron chi connectivity index (χ2n) is 3.65. The molecule has 0 aliphatic heterocycles. The van der Waals surface area contributed by atoms with Gasteiger partial charge in [0.25, 0.3) is 0 Å². The summed E-state index contributed by atoms with van der Waals surface area (Å²) in [5.41, 5.74) is 13.0. The molecule has 6 heteroatoms. The molecule has 1 aromatic carbocycles. The van der Waals surface area contributed by atoms with Gasteiger partial charge in [-0.05, 0) is 30.4 Å². The number of nitrogens with two attached hydrogens (primary N) is 2. The summed E-state index contributed by atoms with van der Waals surface area (Å²) in [4.78, 5) is 15.4. The van der Waals surface area contributed by atoms with Crippen molar-refractivity contribution < 1.29 is 9.53 Å². The fourth-order valence-corrected chi connectivity index (χ4v) is 1.56. The Kier molecular flexibility index (Phi) is 5.67. The molecule has 0 spiro atoms. The second-order valence-corrected chi connectivity index (χ2v) is 4.48. The Bertz CT molecular complexity index is 431. The molecule has 1 aromatic rings. The molecule has 5 nitrogen and oxygen atoms in total. The van der Waals surface area contributed by atoms with E-state index in [2.05, 4.69) is 9.73 Å². The normalized spacial score (nSPS) is 13.2. The van der Waals surface area contributed by atoms with Gasteiger partial charge in [0, 0.05) is 0 Å². The third-order valence-corrected chi connectivity index (χ3v) is 2.85. The molecule has 0 aromatic heterocycles. The van der Waals surface area contributed by atoms with Gasteiger partial charge >= 0.3 is 5.97 Å². The van der Waals surface area contributed by atoms with Crippen molar-refractivity contribution in [1.82, 2.24) is 0 Å². The molecule has 0 heterocycles. The standard InChI is InChI=1S/C12H17N3O2S/c1-17-11(16)10(13)7-8-3-5-9(6-4-8)15-12(14)18-2/h3-6,10H,7,13H2,1-2H3,(H2,14,15). The summed E-state index contributed by atoms with van der Waals surface area (Å²) in [6, 6.07) is 6.77. The van der Waals surface area contributed by atoms with Gasteiger partial charge in [0.15, 0.2) is 5.17 Å². The lowest BCUT2D eigenvalue weighted by Gasteiger charge is -2.09. The molecule has 0 amide bonds. The van der Waals surface area contributed by atoms with E-state index < -0.39 is 12.0 Å². The smallest absolute Gasteiger partial charge is 0.322 e. The molecule has 1 rings (SSSR count). The lowest BCUT2D eigenvalue weighted by molar-refractivity contribution is -0.142. The zero-order valence-electron chi connectivity index (χ0n) is 10.4. The number of esters is 1. The molecular formula is C12H17N3O2S. The summed E-state index contributed by atoms with van der Waals surface area (Å²) in [5, 5.41) is 0.508. The first-order valence-electron chi connectivity index (χ1n) is 5.37. The van der Waals surface area contributed by atoms with Crippen molar-refractivity contribution in [3.8, 4) is 0 Å². The highest BCUT2D eigenvalue weighted by Gasteiger charge is 2.13. The first kappa shape index (κ1) is 14.5. The Morgan fingerprint density at radius 3 is 2.56 bits per heavy atom. The van der Waals surface area contributed by atoms with Crippen molar-refractivity contribution in [2.75, 3.05) is 13.4 Å². The van der Waals surface area contributed by atoms with Crippen LogP contribution in [0.3, 0.4) is 0 Å². The Morgan fingerprint density at radius 1 is 1.44 bits per heavy atom. The van der Waals surface area contributed by atoms with Crippen molar-refractivity contribution in [2.45, 2.75) is 12.5 Å². The summed E-state index contributed by atoms with van der Waals surface area (Å²) < 4.78 is 4.57. The number of hydrogen-bond donors (Lipinski definition) is 2. The minimum atomic E-state index is -0.638. The van der Waals surface area contributed by atoms with Crippen LogP contribution in [-0.4, -0.2) is 30.5 Å². The van der Waals surface area contributed by atoms with Gasteiger partial charge in [-0.15, -0.1) is 0 Å². The van der Waals surface area contributed by atoms with Crippen LogP contribution in [0.25, 0.3) is 0 Å². The van der Waals surface area contributed by atoms with E-state index in [1.807, 2.05) is 30.5 Å². The summed E-state index contributed by atoms with van der Waals surface area (Å²) in [6.07, 6.45) is 2.30. The maximum absolute atomic E-state index is 11.2. The van der Waals surface area contributed by atoms with Crippen molar-refractivity contribution in [3.63, 3.8) is 0 Å². The number of ether oxygens (including phenoxy) is 1. The van der Waals surface area contributed by atoms with E-state index >= 15 is 0 Å². The number of nitrogens with zero attached hydrogens (tertiary/aromatic N) is 1. The monoisotopic (exact) mass is 267 g/mol. The van der Waals surface area contributed by atoms with Crippen molar-refractivity contribution in [2.24, 2.45) is 16.5 Å². The van der Waals surface area contributed by atoms with Gasteiger partial charge in [0.2, 0.25) is 0 Å². The molecule has 0 radical (unpaired) electrons. The van der Waals surface area contributed by atoms with E-state index in [1.54, 1.807) is 0 Å². The van der Waals surface area contributed by atoms with E-state index in [0.717, 1.165) is 11.3 Å². The second kappa shape index (κ2) is 7.03. The quantitative estimate of drug-likeness (QED) is 0.483. The van der Waals surface area contributed by atoms with Crippen molar-refractivity contribution in [3.05, 3.63) is 29.8 Å². The topological polar surface area (TPSA) is 90.7 Å². The third kappa shape index (κ3) is 4.38. The summed E-state index contributed by atoms with van der Waals surface area (Å²) in [5.74, 6) is -0.413. The van der Waals surface area contributed by atoms with Crippen LogP contribution in [-0.2, 0) is 16.0 Å². The predicted molar refractivity (Wildman–Crippen MR) is 74.9 cm³/mol. The SMILES string of the molecule is COC(=O)C(N)Cc1ccc(N=C(N)SC)cc1. The predicted octanol–water partition coefficient (Wildman–Crippen LogP) is 1.04. The zero-order chi connectivity index (χ0) is 13.5. The number of benzene rings is 1. The molecule has 4 N–H and O–H groups in total. The van der Waals surface area contributed by atoms with Crippen molar-refractivity contribution in [1.29, 1.82) is 0 Å². The van der Waals surface area contributed by atoms with Crippen LogP contribution in [0.5, 0.6) is 0 Å². The molecule has 1 atom stereocenters. The molecular weight excluding hydrogens is 250 g/mol. The van der Waals surface area contributed by atoms with Gasteiger partial charge in [-0.1, -0.05) is 23.9 Å². The molecule has 0 aliphatic carbocycles. The number of thioether (sulfide) groups is 1. The number of aliphatic imine (C=N–C) groups is 1. The fourth-order valence-electron chi connectivity index (χ4n) is 1.37. The maximum atomic E-state index is 11.2. The molecule has 0 aliphatic rings. The lowest BCUT2D eigenvalue weighted by atomic mass is 10.1. The highest BCUT2D eigenvalue weighted by molar-refractivity contribution is 8.13. The molecule has 0 saturated heterocycles. The fraction of sp³-hybridized carbons (Fsp3) is 0.333. The van der Waals surface area contributed by atoms with E-state index in [0.29, 0.717) is 11.6 Å². The van der Waals surface area contributed by atoms with Gasteiger partial charge in [-0.25, -0.2) is 4.99 Å². The number of rotatable bonds is 4. The minimum Gasteiger partial charge on any atom is -0.468 e. The highest BCUT2D eigenvalue weighted by atomic mass is 32.2. The van der Waals surface area contributed by atoms with E-state index in [9.17, 15) is 4.79 Å². The Labute approximate surface area is 111 Å². The zero-order valence-corrected chi connectivity index (χ0v) is 11.2. The number of carbonyl (C=O) groups is 1. The highest BCUT2D eigenvalue weighted by Crippen LogP contribution is 2.15. The van der Waals surface area contributed by atoms with Gasteiger partial charge in [-0.3, -0.25) is 4.79 Å². The molecule has 0 fully saturated rings. The van der Waals surface area contributed by atoms with E-state index in [-0.39, 0.29) is 0 Å². The van der Waals surface area contributed by atoms with E-state index in [4.69, 9.17) is 11.5 Å². The van der Waals surface area contributed by atoms with Gasteiger partial charge in [0.05, 0.1) is 12.8 Å². The van der Waals surface area contributed by atoms with Gasteiger partial charge in [0.1, 0.15) is 6.04 Å². The minimum absolute atomic E-state index is 0.413. The Morgan fingerprint density at radius 2 is 2.06 bits per heavy atom. The van der Waals surface area contributed by atoms with Crippen LogP contribution in [0.1, 0.15) is 5.56 Å². The van der Waals surface area contributed by atoms with Crippen LogP contribution in [0.4, 0.5) is 5.69 Å². The molecule has 98 valence electrons. The lowest BCUT2D eigenvalue weighted by Crippen LogP contribution is -2.33.